The summed E-state index contributed by atoms with van der Waals surface area (Å²) in [5.74, 6) is -0.519. The molecular formula is C27H28O6. The van der Waals surface area contributed by atoms with Crippen molar-refractivity contribution in [3.8, 4) is 17.2 Å². The van der Waals surface area contributed by atoms with Crippen LogP contribution in [0.4, 0.5) is 0 Å². The van der Waals surface area contributed by atoms with Crippen LogP contribution in [0.15, 0.2) is 53.5 Å². The second-order valence-electron chi connectivity index (χ2n) is 9.33. The maximum absolute atomic E-state index is 12.6. The van der Waals surface area contributed by atoms with E-state index in [-0.39, 0.29) is 39.8 Å². The standard InChI is InChI=1S/C27H28O6/c1-15(2)5-7-17-11-16(6-8-20(17)28)12-23-25(30)24(26(31)32-23)19-13-18-9-10-27(3,4)33-22(18)14-21(19)29/h5-6,8,11-14,28-30H,7,9-10H2,1-4H3/b23-12-. The molecule has 6 nitrogen and oxygen atoms in total. The molecule has 6 heteroatoms. The molecule has 2 aliphatic heterocycles. The van der Waals surface area contributed by atoms with Crippen molar-refractivity contribution < 1.29 is 29.6 Å². The molecule has 0 aliphatic carbocycles. The second-order valence-corrected chi connectivity index (χ2v) is 9.33. The number of carbonyl (C=O) groups is 1. The Morgan fingerprint density at radius 2 is 1.85 bits per heavy atom. The van der Waals surface area contributed by atoms with Crippen molar-refractivity contribution in [3.05, 3.63) is 75.8 Å². The minimum absolute atomic E-state index is 0.0108. The van der Waals surface area contributed by atoms with E-state index in [9.17, 15) is 20.1 Å². The number of aromatic hydroxyl groups is 2. The number of esters is 1. The molecule has 0 radical (unpaired) electrons. The molecule has 33 heavy (non-hydrogen) atoms. The van der Waals surface area contributed by atoms with E-state index in [0.717, 1.165) is 24.0 Å². The third-order valence-corrected chi connectivity index (χ3v) is 5.84. The number of cyclic esters (lactones) is 1. The van der Waals surface area contributed by atoms with Crippen molar-refractivity contribution in [2.45, 2.75) is 52.6 Å². The molecule has 0 unspecified atom stereocenters. The van der Waals surface area contributed by atoms with E-state index in [1.165, 1.54) is 12.1 Å². The number of phenols is 2. The Morgan fingerprint density at radius 3 is 2.58 bits per heavy atom. The lowest BCUT2D eigenvalue weighted by atomic mass is 9.91. The van der Waals surface area contributed by atoms with Crippen LogP contribution in [0, 0.1) is 0 Å². The molecule has 0 fully saturated rings. The lowest BCUT2D eigenvalue weighted by Crippen LogP contribution is -2.32. The van der Waals surface area contributed by atoms with E-state index >= 15 is 0 Å². The Hall–Kier alpha value is -3.67. The number of rotatable bonds is 4. The van der Waals surface area contributed by atoms with E-state index in [1.807, 2.05) is 33.8 Å². The molecule has 0 amide bonds. The molecule has 3 N–H and O–H groups in total. The summed E-state index contributed by atoms with van der Waals surface area (Å²) in [6.07, 6.45) is 5.61. The van der Waals surface area contributed by atoms with Crippen molar-refractivity contribution >= 4 is 17.6 Å². The number of fused-ring (bicyclic) bond motifs is 1. The SMILES string of the molecule is CC(C)=CCc1cc(/C=C2\OC(=O)C(c3cc4c(cc3O)OC(C)(C)CC4)=C2O)ccc1O. The zero-order valence-electron chi connectivity index (χ0n) is 19.2. The van der Waals surface area contributed by atoms with Gasteiger partial charge in [-0.2, -0.15) is 0 Å². The van der Waals surface area contributed by atoms with Crippen LogP contribution in [0.3, 0.4) is 0 Å². The lowest BCUT2D eigenvalue weighted by Gasteiger charge is -2.32. The van der Waals surface area contributed by atoms with Crippen LogP contribution in [0.1, 0.15) is 56.4 Å². The Bertz CT molecular complexity index is 1230. The van der Waals surface area contributed by atoms with Crippen molar-refractivity contribution in [2.24, 2.45) is 0 Å². The van der Waals surface area contributed by atoms with Gasteiger partial charge < -0.3 is 24.8 Å². The van der Waals surface area contributed by atoms with Crippen LogP contribution in [-0.2, 0) is 22.4 Å². The van der Waals surface area contributed by atoms with Crippen LogP contribution < -0.4 is 4.74 Å². The van der Waals surface area contributed by atoms with Crippen molar-refractivity contribution in [2.75, 3.05) is 0 Å². The van der Waals surface area contributed by atoms with Gasteiger partial charge in [0.05, 0.1) is 0 Å². The zero-order chi connectivity index (χ0) is 23.9. The molecule has 0 saturated carbocycles. The van der Waals surface area contributed by atoms with E-state index in [0.29, 0.717) is 23.3 Å². The molecule has 2 aromatic carbocycles. The summed E-state index contributed by atoms with van der Waals surface area (Å²) in [7, 11) is 0. The molecule has 2 heterocycles. The fourth-order valence-corrected chi connectivity index (χ4v) is 3.97. The maximum Gasteiger partial charge on any atom is 0.348 e. The molecule has 0 spiro atoms. The Kier molecular flexibility index (Phi) is 5.70. The average molecular weight is 449 g/mol. The molecule has 172 valence electrons. The van der Waals surface area contributed by atoms with Crippen LogP contribution in [0.25, 0.3) is 11.6 Å². The van der Waals surface area contributed by atoms with E-state index < -0.39 is 5.97 Å². The number of aryl methyl sites for hydroxylation is 1. The zero-order valence-corrected chi connectivity index (χ0v) is 19.2. The highest BCUT2D eigenvalue weighted by atomic mass is 16.6. The Morgan fingerprint density at radius 1 is 1.09 bits per heavy atom. The summed E-state index contributed by atoms with van der Waals surface area (Å²) in [5, 5.41) is 31.5. The summed E-state index contributed by atoms with van der Waals surface area (Å²) in [6, 6.07) is 8.17. The van der Waals surface area contributed by atoms with Crippen molar-refractivity contribution in [1.82, 2.24) is 0 Å². The molecule has 2 aromatic rings. The number of phenolic OH excluding ortho intramolecular Hbond substituents is 2. The first kappa shape index (κ1) is 22.5. The van der Waals surface area contributed by atoms with Gasteiger partial charge in [0.2, 0.25) is 0 Å². The Balaban J connectivity index is 1.70. The maximum atomic E-state index is 12.6. The second kappa shape index (κ2) is 8.35. The van der Waals surface area contributed by atoms with E-state index in [2.05, 4.69) is 0 Å². The summed E-state index contributed by atoms with van der Waals surface area (Å²) < 4.78 is 11.3. The lowest BCUT2D eigenvalue weighted by molar-refractivity contribution is -0.131. The fraction of sp³-hybridized carbons (Fsp3) is 0.296. The topological polar surface area (TPSA) is 96.2 Å². The van der Waals surface area contributed by atoms with Crippen molar-refractivity contribution in [1.29, 1.82) is 0 Å². The van der Waals surface area contributed by atoms with Gasteiger partial charge in [-0.25, -0.2) is 4.79 Å². The quantitative estimate of drug-likeness (QED) is 0.418. The van der Waals surface area contributed by atoms with E-state index in [1.54, 1.807) is 24.3 Å². The first-order valence-corrected chi connectivity index (χ1v) is 10.9. The number of carbonyl (C=O) groups excluding carboxylic acids is 1. The number of aliphatic hydroxyl groups excluding tert-OH is 1. The van der Waals surface area contributed by atoms with Gasteiger partial charge in [0.25, 0.3) is 0 Å². The van der Waals surface area contributed by atoms with Gasteiger partial charge in [0.1, 0.15) is 28.4 Å². The average Bonchev–Trinajstić information content (AvgIpc) is 3.00. The molecule has 2 aliphatic rings. The fourth-order valence-electron chi connectivity index (χ4n) is 3.97. The third kappa shape index (κ3) is 4.60. The van der Waals surface area contributed by atoms with Gasteiger partial charge in [-0.15, -0.1) is 0 Å². The highest BCUT2D eigenvalue weighted by Gasteiger charge is 2.35. The van der Waals surface area contributed by atoms with Gasteiger partial charge in [0, 0.05) is 11.6 Å². The normalized spacial score (nSPS) is 18.1. The molecule has 0 atom stereocenters. The van der Waals surface area contributed by atoms with Gasteiger partial charge in [0.15, 0.2) is 11.5 Å². The van der Waals surface area contributed by atoms with Crippen LogP contribution in [0.5, 0.6) is 17.2 Å². The van der Waals surface area contributed by atoms with Crippen LogP contribution in [0.2, 0.25) is 0 Å². The highest BCUT2D eigenvalue weighted by molar-refractivity contribution is 6.21. The molecule has 0 aromatic heterocycles. The number of ether oxygens (including phenoxy) is 2. The molecule has 4 rings (SSSR count). The third-order valence-electron chi connectivity index (χ3n) is 5.84. The Labute approximate surface area is 193 Å². The molecule has 0 bridgehead atoms. The summed E-state index contributed by atoms with van der Waals surface area (Å²) in [4.78, 5) is 12.6. The summed E-state index contributed by atoms with van der Waals surface area (Å²) in [6.45, 7) is 7.92. The van der Waals surface area contributed by atoms with Gasteiger partial charge in [-0.05, 0) is 87.9 Å². The first-order valence-electron chi connectivity index (χ1n) is 10.9. The molecular weight excluding hydrogens is 420 g/mol. The summed E-state index contributed by atoms with van der Waals surface area (Å²) in [5.41, 5.74) is 3.15. The highest BCUT2D eigenvalue weighted by Crippen LogP contribution is 2.42. The minimum atomic E-state index is -0.741. The number of hydrogen-bond acceptors (Lipinski definition) is 6. The smallest absolute Gasteiger partial charge is 0.348 e. The monoisotopic (exact) mass is 448 g/mol. The van der Waals surface area contributed by atoms with Crippen LogP contribution in [-0.4, -0.2) is 26.9 Å². The number of hydrogen-bond donors (Lipinski definition) is 3. The number of allylic oxidation sites excluding steroid dienone is 2. The largest absolute Gasteiger partial charge is 0.508 e. The predicted octanol–water partition coefficient (Wildman–Crippen LogP) is 5.58. The number of benzene rings is 2. The van der Waals surface area contributed by atoms with Gasteiger partial charge >= 0.3 is 5.97 Å². The molecule has 0 saturated heterocycles. The van der Waals surface area contributed by atoms with E-state index in [4.69, 9.17) is 9.47 Å². The predicted molar refractivity (Wildman–Crippen MR) is 126 cm³/mol. The van der Waals surface area contributed by atoms with Gasteiger partial charge in [-0.1, -0.05) is 17.7 Å². The van der Waals surface area contributed by atoms with Crippen molar-refractivity contribution in [3.63, 3.8) is 0 Å². The first-order chi connectivity index (χ1) is 15.5. The van der Waals surface area contributed by atoms with Gasteiger partial charge in [-0.3, -0.25) is 0 Å². The summed E-state index contributed by atoms with van der Waals surface area (Å²) >= 11 is 0. The van der Waals surface area contributed by atoms with Crippen LogP contribution >= 0.6 is 0 Å². The minimum Gasteiger partial charge on any atom is -0.508 e. The number of aliphatic hydroxyl groups is 1.